The van der Waals surface area contributed by atoms with Gasteiger partial charge >= 0.3 is 0 Å². The molecule has 0 saturated heterocycles. The van der Waals surface area contributed by atoms with Crippen LogP contribution in [0.5, 0.6) is 0 Å². The third-order valence-electron chi connectivity index (χ3n) is 1.71. The van der Waals surface area contributed by atoms with Crippen molar-refractivity contribution < 1.29 is 0 Å². The summed E-state index contributed by atoms with van der Waals surface area (Å²) in [5.74, 6) is 1.01. The topological polar surface area (TPSA) is 16.1 Å². The number of rotatable bonds is 4. The SMILES string of the molecule is C=CCCN(C)c1ccccn1. The van der Waals surface area contributed by atoms with Crippen LogP contribution in [-0.4, -0.2) is 18.6 Å². The summed E-state index contributed by atoms with van der Waals surface area (Å²) < 4.78 is 0. The molecule has 0 aliphatic carbocycles. The Labute approximate surface area is 73.5 Å². The summed E-state index contributed by atoms with van der Waals surface area (Å²) in [7, 11) is 2.03. The van der Waals surface area contributed by atoms with Crippen LogP contribution in [0.25, 0.3) is 0 Å². The van der Waals surface area contributed by atoms with E-state index in [-0.39, 0.29) is 0 Å². The molecular weight excluding hydrogens is 148 g/mol. The lowest BCUT2D eigenvalue weighted by Crippen LogP contribution is -2.18. The van der Waals surface area contributed by atoms with Crippen LogP contribution in [-0.2, 0) is 0 Å². The lowest BCUT2D eigenvalue weighted by molar-refractivity contribution is 0.880. The molecule has 0 aliphatic heterocycles. The van der Waals surface area contributed by atoms with E-state index in [4.69, 9.17) is 0 Å². The molecular formula is C10H14N2. The fourth-order valence-corrected chi connectivity index (χ4v) is 0.979. The number of hydrogen-bond donors (Lipinski definition) is 0. The first-order chi connectivity index (χ1) is 5.84. The van der Waals surface area contributed by atoms with Gasteiger partial charge < -0.3 is 4.90 Å². The molecule has 1 heterocycles. The molecule has 0 saturated carbocycles. The van der Waals surface area contributed by atoms with Crippen molar-refractivity contribution in [1.29, 1.82) is 0 Å². The molecule has 0 aliphatic rings. The quantitative estimate of drug-likeness (QED) is 0.630. The molecule has 0 atom stereocenters. The van der Waals surface area contributed by atoms with Gasteiger partial charge in [0.25, 0.3) is 0 Å². The molecule has 0 fully saturated rings. The Bertz CT molecular complexity index is 231. The standard InChI is InChI=1S/C10H14N2/c1-3-4-9-12(2)10-7-5-6-8-11-10/h3,5-8H,1,4,9H2,2H3. The fraction of sp³-hybridized carbons (Fsp3) is 0.300. The van der Waals surface area contributed by atoms with Crippen molar-refractivity contribution in [2.45, 2.75) is 6.42 Å². The summed E-state index contributed by atoms with van der Waals surface area (Å²) >= 11 is 0. The predicted octanol–water partition coefficient (Wildman–Crippen LogP) is 2.09. The first kappa shape index (κ1) is 8.78. The van der Waals surface area contributed by atoms with Gasteiger partial charge in [0, 0.05) is 19.8 Å². The molecule has 2 nitrogen and oxygen atoms in total. The van der Waals surface area contributed by atoms with Crippen LogP contribution in [0.3, 0.4) is 0 Å². The zero-order valence-corrected chi connectivity index (χ0v) is 7.40. The highest BCUT2D eigenvalue weighted by atomic mass is 15.2. The van der Waals surface area contributed by atoms with E-state index in [2.05, 4.69) is 16.5 Å². The fourth-order valence-electron chi connectivity index (χ4n) is 0.979. The third kappa shape index (κ3) is 2.38. The first-order valence-corrected chi connectivity index (χ1v) is 4.07. The van der Waals surface area contributed by atoms with Gasteiger partial charge in [-0.1, -0.05) is 12.1 Å². The molecule has 0 radical (unpaired) electrons. The zero-order chi connectivity index (χ0) is 8.81. The largest absolute Gasteiger partial charge is 0.359 e. The number of anilines is 1. The second-order valence-corrected chi connectivity index (χ2v) is 2.69. The Kier molecular flexibility index (Phi) is 3.33. The van der Waals surface area contributed by atoms with Crippen LogP contribution >= 0.6 is 0 Å². The summed E-state index contributed by atoms with van der Waals surface area (Å²) in [5.41, 5.74) is 0. The molecule has 0 amide bonds. The van der Waals surface area contributed by atoms with Crippen molar-refractivity contribution in [1.82, 2.24) is 4.98 Å². The monoisotopic (exact) mass is 162 g/mol. The lowest BCUT2D eigenvalue weighted by atomic mass is 10.3. The average molecular weight is 162 g/mol. The predicted molar refractivity (Wildman–Crippen MR) is 52.3 cm³/mol. The maximum absolute atomic E-state index is 4.22. The summed E-state index contributed by atoms with van der Waals surface area (Å²) in [5, 5.41) is 0. The Morgan fingerprint density at radius 1 is 1.58 bits per heavy atom. The van der Waals surface area contributed by atoms with Gasteiger partial charge in [-0.2, -0.15) is 0 Å². The normalized spacial score (nSPS) is 9.42. The van der Waals surface area contributed by atoms with E-state index in [0.717, 1.165) is 18.8 Å². The second-order valence-electron chi connectivity index (χ2n) is 2.69. The molecule has 1 aromatic heterocycles. The van der Waals surface area contributed by atoms with Crippen LogP contribution in [0.2, 0.25) is 0 Å². The van der Waals surface area contributed by atoms with E-state index in [1.165, 1.54) is 0 Å². The average Bonchev–Trinajstić information content (AvgIpc) is 2.15. The van der Waals surface area contributed by atoms with Gasteiger partial charge in [0.1, 0.15) is 5.82 Å². The summed E-state index contributed by atoms with van der Waals surface area (Å²) in [6.07, 6.45) is 4.71. The number of nitrogens with zero attached hydrogens (tertiary/aromatic N) is 2. The molecule has 0 unspecified atom stereocenters. The minimum atomic E-state index is 0.973. The van der Waals surface area contributed by atoms with Crippen molar-refractivity contribution in [2.24, 2.45) is 0 Å². The van der Waals surface area contributed by atoms with Gasteiger partial charge in [-0.3, -0.25) is 0 Å². The van der Waals surface area contributed by atoms with Gasteiger partial charge in [-0.15, -0.1) is 6.58 Å². The molecule has 1 aromatic rings. The van der Waals surface area contributed by atoms with Crippen molar-refractivity contribution in [3.63, 3.8) is 0 Å². The van der Waals surface area contributed by atoms with Crippen LogP contribution < -0.4 is 4.90 Å². The lowest BCUT2D eigenvalue weighted by Gasteiger charge is -2.16. The van der Waals surface area contributed by atoms with E-state index in [0.29, 0.717) is 0 Å². The molecule has 0 aromatic carbocycles. The molecule has 0 N–H and O–H groups in total. The van der Waals surface area contributed by atoms with Gasteiger partial charge in [-0.05, 0) is 18.6 Å². The molecule has 2 heteroatoms. The third-order valence-corrected chi connectivity index (χ3v) is 1.71. The maximum Gasteiger partial charge on any atom is 0.128 e. The molecule has 12 heavy (non-hydrogen) atoms. The number of hydrogen-bond acceptors (Lipinski definition) is 2. The van der Waals surface area contributed by atoms with Crippen molar-refractivity contribution >= 4 is 5.82 Å². The van der Waals surface area contributed by atoms with Gasteiger partial charge in [0.05, 0.1) is 0 Å². The zero-order valence-electron chi connectivity index (χ0n) is 7.40. The number of pyridine rings is 1. The first-order valence-electron chi connectivity index (χ1n) is 4.07. The Morgan fingerprint density at radius 3 is 3.00 bits per heavy atom. The highest BCUT2D eigenvalue weighted by Crippen LogP contribution is 2.06. The van der Waals surface area contributed by atoms with Crippen LogP contribution in [0.4, 0.5) is 5.82 Å². The molecule has 0 spiro atoms. The van der Waals surface area contributed by atoms with E-state index >= 15 is 0 Å². The van der Waals surface area contributed by atoms with Gasteiger partial charge in [-0.25, -0.2) is 4.98 Å². The highest BCUT2D eigenvalue weighted by Gasteiger charge is 1.97. The van der Waals surface area contributed by atoms with Crippen LogP contribution in [0.15, 0.2) is 37.1 Å². The van der Waals surface area contributed by atoms with Crippen molar-refractivity contribution in [2.75, 3.05) is 18.5 Å². The van der Waals surface area contributed by atoms with Gasteiger partial charge in [0.15, 0.2) is 0 Å². The molecule has 1 rings (SSSR count). The maximum atomic E-state index is 4.22. The highest BCUT2D eigenvalue weighted by molar-refractivity contribution is 5.36. The summed E-state index contributed by atoms with van der Waals surface area (Å²) in [4.78, 5) is 6.34. The number of aromatic nitrogens is 1. The smallest absolute Gasteiger partial charge is 0.128 e. The van der Waals surface area contributed by atoms with Crippen molar-refractivity contribution in [3.05, 3.63) is 37.1 Å². The summed E-state index contributed by atoms with van der Waals surface area (Å²) in [6.45, 7) is 4.65. The van der Waals surface area contributed by atoms with Gasteiger partial charge in [0.2, 0.25) is 0 Å². The van der Waals surface area contributed by atoms with E-state index in [9.17, 15) is 0 Å². The Morgan fingerprint density at radius 2 is 2.42 bits per heavy atom. The Balaban J connectivity index is 2.53. The van der Waals surface area contributed by atoms with Crippen LogP contribution in [0.1, 0.15) is 6.42 Å². The molecule has 64 valence electrons. The minimum Gasteiger partial charge on any atom is -0.359 e. The van der Waals surface area contributed by atoms with Crippen LogP contribution in [0, 0.1) is 0 Å². The van der Waals surface area contributed by atoms with E-state index in [1.807, 2.05) is 31.3 Å². The van der Waals surface area contributed by atoms with Crippen molar-refractivity contribution in [3.8, 4) is 0 Å². The second kappa shape index (κ2) is 4.54. The van der Waals surface area contributed by atoms with E-state index in [1.54, 1.807) is 6.20 Å². The summed E-state index contributed by atoms with van der Waals surface area (Å²) in [6, 6.07) is 5.92. The van der Waals surface area contributed by atoms with E-state index < -0.39 is 0 Å². The minimum absolute atomic E-state index is 0.973. The Hall–Kier alpha value is -1.31. The molecule has 0 bridgehead atoms.